The SMILES string of the molecule is CNC(=O)C1CCCN(CC2(CC(N)=S)CC2)C1. The maximum atomic E-state index is 11.7. The van der Waals surface area contributed by atoms with Crippen LogP contribution in [0.1, 0.15) is 32.1 Å². The van der Waals surface area contributed by atoms with Crippen LogP contribution in [0.15, 0.2) is 0 Å². The van der Waals surface area contributed by atoms with Crippen LogP contribution in [-0.4, -0.2) is 42.5 Å². The summed E-state index contributed by atoms with van der Waals surface area (Å²) >= 11 is 5.03. The van der Waals surface area contributed by atoms with Crippen molar-refractivity contribution in [3.8, 4) is 0 Å². The van der Waals surface area contributed by atoms with Crippen LogP contribution in [0.2, 0.25) is 0 Å². The van der Waals surface area contributed by atoms with Gasteiger partial charge in [-0.15, -0.1) is 0 Å². The quantitative estimate of drug-likeness (QED) is 0.728. The minimum Gasteiger partial charge on any atom is -0.393 e. The van der Waals surface area contributed by atoms with E-state index in [2.05, 4.69) is 10.2 Å². The molecule has 18 heavy (non-hydrogen) atoms. The molecule has 4 nitrogen and oxygen atoms in total. The van der Waals surface area contributed by atoms with Crippen LogP contribution in [0.4, 0.5) is 0 Å². The van der Waals surface area contributed by atoms with Crippen LogP contribution >= 0.6 is 12.2 Å². The minimum atomic E-state index is 0.157. The largest absolute Gasteiger partial charge is 0.393 e. The number of thiocarbonyl (C=S) groups is 1. The molecule has 0 aromatic heterocycles. The summed E-state index contributed by atoms with van der Waals surface area (Å²) in [6, 6.07) is 0. The van der Waals surface area contributed by atoms with Crippen molar-refractivity contribution in [1.82, 2.24) is 10.2 Å². The van der Waals surface area contributed by atoms with Gasteiger partial charge in [-0.2, -0.15) is 0 Å². The minimum absolute atomic E-state index is 0.157. The van der Waals surface area contributed by atoms with Gasteiger partial charge in [-0.1, -0.05) is 12.2 Å². The summed E-state index contributed by atoms with van der Waals surface area (Å²) < 4.78 is 0. The lowest BCUT2D eigenvalue weighted by Crippen LogP contribution is -2.44. The predicted molar refractivity (Wildman–Crippen MR) is 76.3 cm³/mol. The van der Waals surface area contributed by atoms with Gasteiger partial charge < -0.3 is 16.0 Å². The Bertz CT molecular complexity index is 341. The van der Waals surface area contributed by atoms with Gasteiger partial charge in [0.15, 0.2) is 0 Å². The van der Waals surface area contributed by atoms with Crippen molar-refractivity contribution in [3.63, 3.8) is 0 Å². The summed E-state index contributed by atoms with van der Waals surface area (Å²) in [5.41, 5.74) is 6.00. The standard InChI is InChI=1S/C13H23N3OS/c1-15-12(17)10-3-2-6-16(8-10)9-13(4-5-13)7-11(14)18/h10H,2-9H2,1H3,(H2,14,18)(H,15,17). The van der Waals surface area contributed by atoms with Gasteiger partial charge >= 0.3 is 0 Å². The Labute approximate surface area is 114 Å². The number of carbonyl (C=O) groups excluding carboxylic acids is 1. The Kier molecular flexibility index (Phi) is 4.22. The maximum absolute atomic E-state index is 11.7. The van der Waals surface area contributed by atoms with E-state index in [1.807, 2.05) is 0 Å². The first-order valence-corrected chi connectivity index (χ1v) is 7.18. The number of piperidine rings is 1. The fourth-order valence-electron chi connectivity index (χ4n) is 3.03. The first kappa shape index (κ1) is 13.7. The number of nitrogens with one attached hydrogen (secondary N) is 1. The number of amides is 1. The van der Waals surface area contributed by atoms with Crippen LogP contribution in [-0.2, 0) is 4.79 Å². The Hall–Kier alpha value is -0.680. The van der Waals surface area contributed by atoms with Crippen LogP contribution in [0.25, 0.3) is 0 Å². The van der Waals surface area contributed by atoms with Gasteiger partial charge in [-0.3, -0.25) is 4.79 Å². The zero-order chi connectivity index (χ0) is 13.2. The number of nitrogens with zero attached hydrogens (tertiary/aromatic N) is 1. The molecule has 0 aromatic carbocycles. The first-order chi connectivity index (χ1) is 8.54. The fourth-order valence-corrected chi connectivity index (χ4v) is 3.33. The number of nitrogens with two attached hydrogens (primary N) is 1. The molecule has 0 aromatic rings. The van der Waals surface area contributed by atoms with Crippen molar-refractivity contribution in [1.29, 1.82) is 0 Å². The Balaban J connectivity index is 1.86. The lowest BCUT2D eigenvalue weighted by atomic mass is 9.94. The number of carbonyl (C=O) groups is 1. The zero-order valence-electron chi connectivity index (χ0n) is 11.1. The monoisotopic (exact) mass is 269 g/mol. The highest BCUT2D eigenvalue weighted by Crippen LogP contribution is 2.49. The van der Waals surface area contributed by atoms with E-state index < -0.39 is 0 Å². The molecule has 1 atom stereocenters. The van der Waals surface area contributed by atoms with Gasteiger partial charge in [-0.05, 0) is 37.6 Å². The molecule has 1 saturated heterocycles. The van der Waals surface area contributed by atoms with Crippen LogP contribution in [0.5, 0.6) is 0 Å². The highest BCUT2D eigenvalue weighted by atomic mass is 32.1. The van der Waals surface area contributed by atoms with Gasteiger partial charge in [0.25, 0.3) is 0 Å². The Morgan fingerprint density at radius 2 is 2.28 bits per heavy atom. The number of hydrogen-bond donors (Lipinski definition) is 2. The third-order valence-electron chi connectivity index (χ3n) is 4.19. The number of hydrogen-bond acceptors (Lipinski definition) is 3. The molecule has 2 fully saturated rings. The van der Waals surface area contributed by atoms with E-state index in [-0.39, 0.29) is 11.8 Å². The molecular weight excluding hydrogens is 246 g/mol. The molecule has 102 valence electrons. The highest BCUT2D eigenvalue weighted by Gasteiger charge is 2.44. The lowest BCUT2D eigenvalue weighted by molar-refractivity contribution is -0.126. The smallest absolute Gasteiger partial charge is 0.224 e. The summed E-state index contributed by atoms with van der Waals surface area (Å²) in [5, 5.41) is 2.76. The summed E-state index contributed by atoms with van der Waals surface area (Å²) in [6.07, 6.45) is 5.44. The van der Waals surface area contributed by atoms with Gasteiger partial charge in [0.2, 0.25) is 5.91 Å². The Morgan fingerprint density at radius 3 is 2.83 bits per heavy atom. The molecule has 0 bridgehead atoms. The van der Waals surface area contributed by atoms with Gasteiger partial charge in [0.05, 0.1) is 10.9 Å². The zero-order valence-corrected chi connectivity index (χ0v) is 11.9. The molecule has 1 heterocycles. The average molecular weight is 269 g/mol. The molecule has 1 aliphatic carbocycles. The van der Waals surface area contributed by atoms with E-state index in [9.17, 15) is 4.79 Å². The van der Waals surface area contributed by atoms with Gasteiger partial charge in [0.1, 0.15) is 0 Å². The van der Waals surface area contributed by atoms with Gasteiger partial charge in [-0.25, -0.2) is 0 Å². The Morgan fingerprint density at radius 1 is 1.56 bits per heavy atom. The van der Waals surface area contributed by atoms with Gasteiger partial charge in [0, 0.05) is 26.6 Å². The van der Waals surface area contributed by atoms with Crippen molar-refractivity contribution < 1.29 is 4.79 Å². The predicted octanol–water partition coefficient (Wildman–Crippen LogP) is 0.901. The highest BCUT2D eigenvalue weighted by molar-refractivity contribution is 7.80. The van der Waals surface area contributed by atoms with E-state index in [1.54, 1.807) is 7.05 Å². The van der Waals surface area contributed by atoms with Crippen LogP contribution in [0.3, 0.4) is 0 Å². The molecule has 0 spiro atoms. The number of rotatable bonds is 5. The van der Waals surface area contributed by atoms with Crippen molar-refractivity contribution >= 4 is 23.1 Å². The van der Waals surface area contributed by atoms with Crippen LogP contribution < -0.4 is 11.1 Å². The molecule has 3 N–H and O–H groups in total. The second-order valence-electron chi connectivity index (χ2n) is 5.83. The maximum Gasteiger partial charge on any atom is 0.224 e. The first-order valence-electron chi connectivity index (χ1n) is 6.77. The summed E-state index contributed by atoms with van der Waals surface area (Å²) in [7, 11) is 1.72. The van der Waals surface area contributed by atoms with Crippen molar-refractivity contribution in [2.75, 3.05) is 26.7 Å². The molecule has 1 amide bonds. The molecular formula is C13H23N3OS. The second kappa shape index (κ2) is 5.53. The normalized spacial score (nSPS) is 26.6. The third-order valence-corrected chi connectivity index (χ3v) is 4.33. The fraction of sp³-hybridized carbons (Fsp3) is 0.846. The second-order valence-corrected chi connectivity index (χ2v) is 6.36. The summed E-state index contributed by atoms with van der Waals surface area (Å²) in [4.78, 5) is 14.7. The molecule has 1 unspecified atom stereocenters. The van der Waals surface area contributed by atoms with Crippen molar-refractivity contribution in [2.24, 2.45) is 17.1 Å². The molecule has 0 radical (unpaired) electrons. The molecule has 2 aliphatic rings. The van der Waals surface area contributed by atoms with E-state index in [0.29, 0.717) is 10.4 Å². The molecule has 2 rings (SSSR count). The molecule has 1 aliphatic heterocycles. The van der Waals surface area contributed by atoms with E-state index >= 15 is 0 Å². The third kappa shape index (κ3) is 3.42. The summed E-state index contributed by atoms with van der Waals surface area (Å²) in [6.45, 7) is 3.04. The topological polar surface area (TPSA) is 58.4 Å². The average Bonchev–Trinajstić information content (AvgIpc) is 3.06. The van der Waals surface area contributed by atoms with E-state index in [4.69, 9.17) is 18.0 Å². The molecule has 1 saturated carbocycles. The van der Waals surface area contributed by atoms with E-state index in [1.165, 1.54) is 12.8 Å². The number of likely N-dealkylation sites (tertiary alicyclic amines) is 1. The van der Waals surface area contributed by atoms with E-state index in [0.717, 1.165) is 38.9 Å². The van der Waals surface area contributed by atoms with Crippen molar-refractivity contribution in [2.45, 2.75) is 32.1 Å². The summed E-state index contributed by atoms with van der Waals surface area (Å²) in [5.74, 6) is 0.336. The van der Waals surface area contributed by atoms with Crippen LogP contribution in [0, 0.1) is 11.3 Å². The molecule has 5 heteroatoms. The lowest BCUT2D eigenvalue weighted by Gasteiger charge is -2.34. The van der Waals surface area contributed by atoms with Crippen molar-refractivity contribution in [3.05, 3.63) is 0 Å².